The second kappa shape index (κ2) is 11.9. The fraction of sp³-hybridized carbons (Fsp3) is 0.591. The molecule has 16 heteroatoms. The number of carbonyl (C=O) groups excluding carboxylic acids is 3. The summed E-state index contributed by atoms with van der Waals surface area (Å²) in [6, 6.07) is -0.626. The molecule has 1 aliphatic rings. The summed E-state index contributed by atoms with van der Waals surface area (Å²) >= 11 is 4.28. The maximum atomic E-state index is 13.2. The van der Waals surface area contributed by atoms with Crippen molar-refractivity contribution in [2.24, 2.45) is 0 Å². The molecular weight excluding hydrogens is 595 g/mol. The molecule has 0 saturated carbocycles. The highest BCUT2D eigenvalue weighted by molar-refractivity contribution is 9.11. The van der Waals surface area contributed by atoms with Crippen LogP contribution in [-0.4, -0.2) is 63.6 Å². The third-order valence-electron chi connectivity index (χ3n) is 5.41. The summed E-state index contributed by atoms with van der Waals surface area (Å²) in [7, 11) is 0. The van der Waals surface area contributed by atoms with E-state index in [0.29, 0.717) is 47.9 Å². The Morgan fingerprint density at radius 2 is 1.89 bits per heavy atom. The Kier molecular flexibility index (Phi) is 9.28. The molecule has 3 amide bonds. The number of alkyl halides is 3. The van der Waals surface area contributed by atoms with Gasteiger partial charge in [0.2, 0.25) is 0 Å². The summed E-state index contributed by atoms with van der Waals surface area (Å²) in [6.45, 7) is 8.31. The second-order valence-electron chi connectivity index (χ2n) is 9.51. The third-order valence-corrected chi connectivity index (χ3v) is 6.83. The summed E-state index contributed by atoms with van der Waals surface area (Å²) in [5.74, 6) is -1.97. The molecule has 2 aromatic rings. The monoisotopic (exact) mass is 623 g/mol. The van der Waals surface area contributed by atoms with Crippen LogP contribution in [0.3, 0.4) is 0 Å². The van der Waals surface area contributed by atoms with Crippen LogP contribution in [0.4, 0.5) is 34.5 Å². The molecule has 38 heavy (non-hydrogen) atoms. The van der Waals surface area contributed by atoms with Gasteiger partial charge in [-0.2, -0.15) is 18.3 Å². The number of rotatable bonds is 6. The lowest BCUT2D eigenvalue weighted by Crippen LogP contribution is -2.43. The molecule has 0 aliphatic carbocycles. The highest BCUT2D eigenvalue weighted by atomic mass is 79.9. The molecule has 1 saturated heterocycles. The second-order valence-corrected chi connectivity index (χ2v) is 11.8. The van der Waals surface area contributed by atoms with Crippen LogP contribution < -0.4 is 20.9 Å². The zero-order chi connectivity index (χ0) is 28.3. The minimum atomic E-state index is -4.94. The van der Waals surface area contributed by atoms with Gasteiger partial charge in [0, 0.05) is 25.7 Å². The van der Waals surface area contributed by atoms with Crippen molar-refractivity contribution in [1.82, 2.24) is 20.1 Å². The molecule has 0 bridgehead atoms. The topological polar surface area (TPSA) is 130 Å². The molecule has 11 nitrogen and oxygen atoms in total. The van der Waals surface area contributed by atoms with Crippen LogP contribution in [0.5, 0.6) is 0 Å². The van der Waals surface area contributed by atoms with Gasteiger partial charge >= 0.3 is 18.2 Å². The molecule has 1 atom stereocenters. The number of aryl methyl sites for hydroxylation is 1. The Bertz CT molecular complexity index is 1180. The Morgan fingerprint density at radius 3 is 2.53 bits per heavy atom. The van der Waals surface area contributed by atoms with E-state index in [1.54, 1.807) is 25.5 Å². The number of carbonyl (C=O) groups is 3. The number of thiazole rings is 1. The van der Waals surface area contributed by atoms with Gasteiger partial charge in [0.15, 0.2) is 15.4 Å². The fourth-order valence-electron chi connectivity index (χ4n) is 3.86. The molecular formula is C22H29BrF3N7O4S. The van der Waals surface area contributed by atoms with Crippen LogP contribution in [-0.2, 0) is 16.1 Å². The van der Waals surface area contributed by atoms with Crippen molar-refractivity contribution < 1.29 is 32.3 Å². The van der Waals surface area contributed by atoms with E-state index in [1.165, 1.54) is 6.20 Å². The van der Waals surface area contributed by atoms with Crippen molar-refractivity contribution in [3.8, 4) is 0 Å². The van der Waals surface area contributed by atoms with E-state index in [4.69, 9.17) is 4.74 Å². The zero-order valence-electron chi connectivity index (χ0n) is 21.2. The molecule has 0 spiro atoms. The van der Waals surface area contributed by atoms with Crippen molar-refractivity contribution in [1.29, 1.82) is 0 Å². The predicted molar refractivity (Wildman–Crippen MR) is 140 cm³/mol. The molecule has 3 heterocycles. The molecule has 210 valence electrons. The van der Waals surface area contributed by atoms with Crippen LogP contribution in [0.1, 0.15) is 57.4 Å². The van der Waals surface area contributed by atoms with Gasteiger partial charge in [0.25, 0.3) is 5.91 Å². The van der Waals surface area contributed by atoms with Crippen LogP contribution in [0.2, 0.25) is 0 Å². The number of anilines is 3. The van der Waals surface area contributed by atoms with Crippen molar-refractivity contribution in [3.05, 3.63) is 15.8 Å². The van der Waals surface area contributed by atoms with E-state index in [2.05, 4.69) is 42.0 Å². The van der Waals surface area contributed by atoms with Crippen molar-refractivity contribution >= 4 is 61.7 Å². The minimum Gasteiger partial charge on any atom is -0.444 e. The van der Waals surface area contributed by atoms with Crippen molar-refractivity contribution in [3.63, 3.8) is 0 Å². The Hall–Kier alpha value is -2.88. The Labute approximate surface area is 229 Å². The quantitative estimate of drug-likeness (QED) is 0.423. The van der Waals surface area contributed by atoms with Gasteiger partial charge in [0.1, 0.15) is 16.3 Å². The molecule has 0 aromatic carbocycles. The molecule has 3 N–H and O–H groups in total. The van der Waals surface area contributed by atoms with Gasteiger partial charge in [-0.15, -0.1) is 0 Å². The first-order valence-electron chi connectivity index (χ1n) is 11.8. The van der Waals surface area contributed by atoms with E-state index in [-0.39, 0.29) is 17.1 Å². The van der Waals surface area contributed by atoms with E-state index >= 15 is 0 Å². The molecule has 1 aliphatic heterocycles. The lowest BCUT2D eigenvalue weighted by molar-refractivity contribution is -0.174. The predicted octanol–water partition coefficient (Wildman–Crippen LogP) is 4.76. The number of nitrogens with one attached hydrogen (secondary N) is 3. The van der Waals surface area contributed by atoms with Gasteiger partial charge < -0.3 is 20.3 Å². The Morgan fingerprint density at radius 1 is 1.18 bits per heavy atom. The van der Waals surface area contributed by atoms with E-state index < -0.39 is 35.7 Å². The van der Waals surface area contributed by atoms with Gasteiger partial charge in [-0.1, -0.05) is 11.3 Å². The number of aromatic nitrogens is 3. The highest BCUT2D eigenvalue weighted by Gasteiger charge is 2.40. The first kappa shape index (κ1) is 29.7. The van der Waals surface area contributed by atoms with Crippen LogP contribution in [0.25, 0.3) is 0 Å². The van der Waals surface area contributed by atoms with Crippen molar-refractivity contribution in [2.45, 2.75) is 71.3 Å². The average Bonchev–Trinajstić information content (AvgIpc) is 3.27. The molecule has 0 unspecified atom stereocenters. The van der Waals surface area contributed by atoms with E-state index in [1.807, 2.05) is 11.8 Å². The van der Waals surface area contributed by atoms with Gasteiger partial charge in [-0.3, -0.25) is 14.9 Å². The molecule has 2 aromatic heterocycles. The number of hydrogen-bond acceptors (Lipinski definition) is 8. The fourth-order valence-corrected chi connectivity index (χ4v) is 5.20. The SMILES string of the molecule is CCn1ncc(NC(=O)c2nc(Br)sc2NC(=O)OC(C)(C)C)c1N1CCC[C@@H](NC(=O)C(F)(F)F)CC1. The maximum Gasteiger partial charge on any atom is 0.471 e. The normalized spacial score (nSPS) is 16.5. The third kappa shape index (κ3) is 7.82. The maximum absolute atomic E-state index is 13.2. The summed E-state index contributed by atoms with van der Waals surface area (Å²) in [6.07, 6.45) is -3.01. The van der Waals surface area contributed by atoms with Gasteiger partial charge in [0.05, 0.1) is 6.20 Å². The van der Waals surface area contributed by atoms with Gasteiger partial charge in [-0.25, -0.2) is 14.5 Å². The first-order valence-corrected chi connectivity index (χ1v) is 13.4. The van der Waals surface area contributed by atoms with E-state index in [9.17, 15) is 27.6 Å². The average molecular weight is 624 g/mol. The van der Waals surface area contributed by atoms with Crippen LogP contribution in [0, 0.1) is 0 Å². The summed E-state index contributed by atoms with van der Waals surface area (Å²) in [4.78, 5) is 42.9. The summed E-state index contributed by atoms with van der Waals surface area (Å²) in [5.41, 5.74) is -0.393. The zero-order valence-corrected chi connectivity index (χ0v) is 23.6. The Balaban J connectivity index is 1.76. The van der Waals surface area contributed by atoms with Crippen molar-refractivity contribution in [2.75, 3.05) is 28.6 Å². The number of nitrogens with zero attached hydrogens (tertiary/aromatic N) is 4. The highest BCUT2D eigenvalue weighted by Crippen LogP contribution is 2.32. The van der Waals surface area contributed by atoms with E-state index in [0.717, 1.165) is 11.3 Å². The number of ether oxygens (including phenoxy) is 1. The summed E-state index contributed by atoms with van der Waals surface area (Å²) < 4.78 is 45.3. The number of halogens is 4. The standard InChI is InChI=1S/C22H29BrF3N7O4S/c1-5-33-17(32-9-6-7-12(8-10-32)28-18(35)22(24,25)26)13(11-27-33)29-15(34)14-16(38-19(23)30-14)31-20(36)37-21(2,3)4/h11-12H,5-10H2,1-4H3,(H,28,35)(H,29,34)(H,31,36)/t12-/m1/s1. The lowest BCUT2D eigenvalue weighted by atomic mass is 10.1. The molecule has 1 fully saturated rings. The number of hydrogen-bond donors (Lipinski definition) is 3. The molecule has 3 rings (SSSR count). The van der Waals surface area contributed by atoms with Gasteiger partial charge in [-0.05, 0) is 62.9 Å². The largest absolute Gasteiger partial charge is 0.471 e. The summed E-state index contributed by atoms with van der Waals surface area (Å²) in [5, 5.41) is 11.9. The lowest BCUT2D eigenvalue weighted by Gasteiger charge is -2.25. The van der Waals surface area contributed by atoms with Crippen LogP contribution >= 0.6 is 27.3 Å². The number of amides is 3. The van der Waals surface area contributed by atoms with Crippen LogP contribution in [0.15, 0.2) is 10.1 Å². The minimum absolute atomic E-state index is 0.0336. The molecule has 0 radical (unpaired) electrons. The smallest absolute Gasteiger partial charge is 0.444 e. The first-order chi connectivity index (χ1) is 17.7.